The third kappa shape index (κ3) is 3.46. The zero-order valence-corrected chi connectivity index (χ0v) is 11.6. The van der Waals surface area contributed by atoms with Gasteiger partial charge in [-0.3, -0.25) is 0 Å². The van der Waals surface area contributed by atoms with Crippen LogP contribution in [0.25, 0.3) is 0 Å². The summed E-state index contributed by atoms with van der Waals surface area (Å²) >= 11 is 0. The normalized spacial score (nSPS) is 15.8. The first-order chi connectivity index (χ1) is 9.24. The van der Waals surface area contributed by atoms with E-state index in [0.717, 1.165) is 0 Å². The highest BCUT2D eigenvalue weighted by Crippen LogP contribution is 2.22. The maximum absolute atomic E-state index is 11.7. The lowest BCUT2D eigenvalue weighted by Gasteiger charge is -2.39. The fraction of sp³-hybridized carbons (Fsp3) is 0.667. The average molecular weight is 283 g/mol. The van der Waals surface area contributed by atoms with Crippen LogP contribution in [0.2, 0.25) is 0 Å². The number of carbonyl (C=O) groups is 2. The van der Waals surface area contributed by atoms with E-state index in [-0.39, 0.29) is 23.7 Å². The molecule has 1 amide bonds. The van der Waals surface area contributed by atoms with Crippen LogP contribution in [0, 0.1) is 5.92 Å². The van der Waals surface area contributed by atoms with Crippen LogP contribution in [0.3, 0.4) is 0 Å². The van der Waals surface area contributed by atoms with Crippen molar-refractivity contribution >= 4 is 12.1 Å². The Kier molecular flexibility index (Phi) is 3.65. The first-order valence-electron chi connectivity index (χ1n) is 6.28. The van der Waals surface area contributed by atoms with Gasteiger partial charge in [-0.15, -0.1) is 0 Å². The molecule has 1 aliphatic rings. The fourth-order valence-electron chi connectivity index (χ4n) is 1.85. The molecule has 1 saturated heterocycles. The van der Waals surface area contributed by atoms with E-state index in [0.29, 0.717) is 19.5 Å². The number of likely N-dealkylation sites (tertiary alicyclic amines) is 1. The highest BCUT2D eigenvalue weighted by molar-refractivity contribution is 5.82. The van der Waals surface area contributed by atoms with Crippen LogP contribution in [0.4, 0.5) is 4.79 Å². The summed E-state index contributed by atoms with van der Waals surface area (Å²) in [5, 5.41) is 12.0. The van der Waals surface area contributed by atoms with Gasteiger partial charge in [-0.05, 0) is 25.9 Å². The molecule has 1 aromatic rings. The third-order valence-corrected chi connectivity index (χ3v) is 2.73. The standard InChI is InChI=1S/C12H17N3O5/c1-12(2,3)19-11(18)15-5-7(6-15)4-8-13-9(10(16)17)14-20-8/h7H,4-6H2,1-3H3,(H,16,17). The molecule has 1 aromatic heterocycles. The monoisotopic (exact) mass is 283 g/mol. The quantitative estimate of drug-likeness (QED) is 0.887. The second kappa shape index (κ2) is 5.10. The van der Waals surface area contributed by atoms with Crippen molar-refractivity contribution in [3.05, 3.63) is 11.7 Å². The molecule has 8 heteroatoms. The number of amides is 1. The lowest BCUT2D eigenvalue weighted by atomic mass is 9.97. The molecule has 1 fully saturated rings. The van der Waals surface area contributed by atoms with E-state index in [2.05, 4.69) is 10.1 Å². The Bertz CT molecular complexity index is 513. The number of carboxylic acid groups (broad SMARTS) is 1. The number of ether oxygens (including phenoxy) is 1. The summed E-state index contributed by atoms with van der Waals surface area (Å²) in [7, 11) is 0. The predicted molar refractivity (Wildman–Crippen MR) is 66.3 cm³/mol. The van der Waals surface area contributed by atoms with Gasteiger partial charge in [0, 0.05) is 25.4 Å². The lowest BCUT2D eigenvalue weighted by molar-refractivity contribution is -0.00188. The molecule has 0 unspecified atom stereocenters. The maximum Gasteiger partial charge on any atom is 0.410 e. The Labute approximate surface area is 115 Å². The lowest BCUT2D eigenvalue weighted by Crippen LogP contribution is -2.52. The van der Waals surface area contributed by atoms with Gasteiger partial charge in [0.2, 0.25) is 5.89 Å². The molecule has 0 aromatic carbocycles. The van der Waals surface area contributed by atoms with Gasteiger partial charge >= 0.3 is 12.1 Å². The molecule has 0 bridgehead atoms. The number of aromatic carboxylic acids is 1. The summed E-state index contributed by atoms with van der Waals surface area (Å²) in [5.41, 5.74) is -0.509. The van der Waals surface area contributed by atoms with E-state index in [1.54, 1.807) is 4.90 Å². The molecule has 0 radical (unpaired) electrons. The van der Waals surface area contributed by atoms with Gasteiger partial charge in [-0.25, -0.2) is 9.59 Å². The second-order valence-corrected chi connectivity index (χ2v) is 5.77. The van der Waals surface area contributed by atoms with Crippen LogP contribution in [0.1, 0.15) is 37.3 Å². The number of hydrogen-bond acceptors (Lipinski definition) is 6. The van der Waals surface area contributed by atoms with E-state index >= 15 is 0 Å². The largest absolute Gasteiger partial charge is 0.475 e. The van der Waals surface area contributed by atoms with E-state index in [1.165, 1.54) is 0 Å². The van der Waals surface area contributed by atoms with Crippen molar-refractivity contribution in [3.63, 3.8) is 0 Å². The Balaban J connectivity index is 1.79. The SMILES string of the molecule is CC(C)(C)OC(=O)N1CC(Cc2nc(C(=O)O)no2)C1. The molecule has 2 rings (SSSR count). The summed E-state index contributed by atoms with van der Waals surface area (Å²) < 4.78 is 10.1. The molecule has 1 aliphatic heterocycles. The Morgan fingerprint density at radius 2 is 2.10 bits per heavy atom. The first kappa shape index (κ1) is 14.3. The summed E-state index contributed by atoms with van der Waals surface area (Å²) in [6, 6.07) is 0. The first-order valence-corrected chi connectivity index (χ1v) is 6.28. The van der Waals surface area contributed by atoms with Crippen molar-refractivity contribution in [2.45, 2.75) is 32.8 Å². The molecule has 0 atom stereocenters. The summed E-state index contributed by atoms with van der Waals surface area (Å²) in [6.45, 7) is 6.52. The zero-order valence-electron chi connectivity index (χ0n) is 11.6. The van der Waals surface area contributed by atoms with Gasteiger partial charge in [0.05, 0.1) is 0 Å². The van der Waals surface area contributed by atoms with Crippen molar-refractivity contribution in [2.75, 3.05) is 13.1 Å². The Hall–Kier alpha value is -2.12. The van der Waals surface area contributed by atoms with Crippen LogP contribution >= 0.6 is 0 Å². The molecule has 110 valence electrons. The van der Waals surface area contributed by atoms with Crippen LogP contribution in [-0.4, -0.2) is 50.9 Å². The van der Waals surface area contributed by atoms with Crippen LogP contribution in [0.15, 0.2) is 4.52 Å². The topological polar surface area (TPSA) is 106 Å². The molecule has 0 spiro atoms. The number of rotatable bonds is 3. The van der Waals surface area contributed by atoms with Gasteiger partial charge in [0.25, 0.3) is 5.82 Å². The third-order valence-electron chi connectivity index (χ3n) is 2.73. The van der Waals surface area contributed by atoms with Crippen molar-refractivity contribution in [1.82, 2.24) is 15.0 Å². The molecule has 0 aliphatic carbocycles. The zero-order chi connectivity index (χ0) is 14.9. The van der Waals surface area contributed by atoms with E-state index in [9.17, 15) is 9.59 Å². The summed E-state index contributed by atoms with van der Waals surface area (Å²) in [5.74, 6) is -1.10. The molecular weight excluding hydrogens is 266 g/mol. The minimum Gasteiger partial charge on any atom is -0.475 e. The van der Waals surface area contributed by atoms with E-state index in [4.69, 9.17) is 14.4 Å². The van der Waals surface area contributed by atoms with Gasteiger partial charge in [-0.1, -0.05) is 0 Å². The molecule has 8 nitrogen and oxygen atoms in total. The van der Waals surface area contributed by atoms with Gasteiger partial charge in [-0.2, -0.15) is 4.98 Å². The summed E-state index contributed by atoms with van der Waals surface area (Å²) in [4.78, 5) is 27.6. The van der Waals surface area contributed by atoms with Crippen molar-refractivity contribution < 1.29 is 24.0 Å². The molecule has 1 N–H and O–H groups in total. The fourth-order valence-corrected chi connectivity index (χ4v) is 1.85. The average Bonchev–Trinajstić information content (AvgIpc) is 2.68. The maximum atomic E-state index is 11.7. The number of nitrogens with zero attached hydrogens (tertiary/aromatic N) is 3. The van der Waals surface area contributed by atoms with Gasteiger partial charge < -0.3 is 19.3 Å². The minimum absolute atomic E-state index is 0.185. The summed E-state index contributed by atoms with van der Waals surface area (Å²) in [6.07, 6.45) is 0.116. The highest BCUT2D eigenvalue weighted by atomic mass is 16.6. The van der Waals surface area contributed by atoms with Crippen molar-refractivity contribution in [1.29, 1.82) is 0 Å². The van der Waals surface area contributed by atoms with Gasteiger partial charge in [0.15, 0.2) is 0 Å². The van der Waals surface area contributed by atoms with E-state index < -0.39 is 11.6 Å². The number of hydrogen-bond donors (Lipinski definition) is 1. The Morgan fingerprint density at radius 1 is 1.45 bits per heavy atom. The van der Waals surface area contributed by atoms with Crippen molar-refractivity contribution in [3.8, 4) is 0 Å². The van der Waals surface area contributed by atoms with Crippen LogP contribution in [-0.2, 0) is 11.2 Å². The minimum atomic E-state index is -1.22. The predicted octanol–water partition coefficient (Wildman–Crippen LogP) is 1.18. The van der Waals surface area contributed by atoms with Crippen molar-refractivity contribution in [2.24, 2.45) is 5.92 Å². The van der Waals surface area contributed by atoms with Gasteiger partial charge in [0.1, 0.15) is 5.60 Å². The number of aromatic nitrogens is 2. The Morgan fingerprint density at radius 3 is 2.60 bits per heavy atom. The van der Waals surface area contributed by atoms with Crippen LogP contribution in [0.5, 0.6) is 0 Å². The smallest absolute Gasteiger partial charge is 0.410 e. The number of carbonyl (C=O) groups excluding carboxylic acids is 1. The molecule has 2 heterocycles. The van der Waals surface area contributed by atoms with Crippen LogP contribution < -0.4 is 0 Å². The van der Waals surface area contributed by atoms with E-state index in [1.807, 2.05) is 20.8 Å². The highest BCUT2D eigenvalue weighted by Gasteiger charge is 2.34. The molecular formula is C12H17N3O5. The molecule has 20 heavy (non-hydrogen) atoms. The molecule has 0 saturated carbocycles. The second-order valence-electron chi connectivity index (χ2n) is 5.77. The number of carboxylic acids is 1.